The van der Waals surface area contributed by atoms with Gasteiger partial charge in [0.25, 0.3) is 0 Å². The molecule has 0 aromatic rings. The Morgan fingerprint density at radius 1 is 1.64 bits per heavy atom. The molecule has 1 unspecified atom stereocenters. The van der Waals surface area contributed by atoms with Crippen molar-refractivity contribution in [2.24, 2.45) is 0 Å². The van der Waals surface area contributed by atoms with Gasteiger partial charge in [0.05, 0.1) is 0 Å². The van der Waals surface area contributed by atoms with E-state index in [0.29, 0.717) is 6.04 Å². The molecule has 1 heterocycles. The predicted molar refractivity (Wildman–Crippen MR) is 57.4 cm³/mol. The number of nitrogens with one attached hydrogen (secondary N) is 1. The van der Waals surface area contributed by atoms with Gasteiger partial charge in [-0.1, -0.05) is 0 Å². The second kappa shape index (κ2) is 5.20. The van der Waals surface area contributed by atoms with Crippen molar-refractivity contribution >= 4 is 6.03 Å². The van der Waals surface area contributed by atoms with E-state index in [1.807, 2.05) is 14.0 Å². The average Bonchev–Trinajstić information content (AvgIpc) is 2.16. The standard InChI is InChI=1S/C10H21N3O/c1-4-13(3)10(14)11-9-6-5-7-12(2)8-9/h9H,4-8H2,1-3H3,(H,11,14). The first-order chi connectivity index (χ1) is 6.63. The third kappa shape index (κ3) is 3.18. The number of hydrogen-bond donors (Lipinski definition) is 1. The zero-order valence-corrected chi connectivity index (χ0v) is 9.42. The van der Waals surface area contributed by atoms with Gasteiger partial charge in [-0.25, -0.2) is 4.79 Å². The molecule has 4 heteroatoms. The Bertz CT molecular complexity index is 196. The predicted octanol–water partition coefficient (Wildman–Crippen LogP) is 0.742. The van der Waals surface area contributed by atoms with Crippen molar-refractivity contribution in [1.29, 1.82) is 0 Å². The summed E-state index contributed by atoms with van der Waals surface area (Å²) in [4.78, 5) is 15.5. The molecule has 0 radical (unpaired) electrons. The summed E-state index contributed by atoms with van der Waals surface area (Å²) in [6, 6.07) is 0.378. The van der Waals surface area contributed by atoms with Crippen LogP contribution in [-0.4, -0.2) is 55.6 Å². The lowest BCUT2D eigenvalue weighted by atomic mass is 10.1. The maximum atomic E-state index is 11.5. The Labute approximate surface area is 86.2 Å². The number of urea groups is 1. The van der Waals surface area contributed by atoms with Crippen molar-refractivity contribution in [2.75, 3.05) is 33.7 Å². The van der Waals surface area contributed by atoms with E-state index in [-0.39, 0.29) is 6.03 Å². The number of amides is 2. The Balaban J connectivity index is 2.32. The molecule has 0 spiro atoms. The third-order valence-electron chi connectivity index (χ3n) is 2.77. The fourth-order valence-corrected chi connectivity index (χ4v) is 1.71. The van der Waals surface area contributed by atoms with Crippen LogP contribution < -0.4 is 5.32 Å². The van der Waals surface area contributed by atoms with Crippen molar-refractivity contribution in [3.8, 4) is 0 Å². The molecule has 14 heavy (non-hydrogen) atoms. The highest BCUT2D eigenvalue weighted by Crippen LogP contribution is 2.07. The van der Waals surface area contributed by atoms with Crippen molar-refractivity contribution in [1.82, 2.24) is 15.1 Å². The summed E-state index contributed by atoms with van der Waals surface area (Å²) in [6.45, 7) is 4.86. The summed E-state index contributed by atoms with van der Waals surface area (Å²) in [5.41, 5.74) is 0. The molecular weight excluding hydrogens is 178 g/mol. The maximum Gasteiger partial charge on any atom is 0.317 e. The Morgan fingerprint density at radius 3 is 2.93 bits per heavy atom. The van der Waals surface area contributed by atoms with Gasteiger partial charge in [-0.2, -0.15) is 0 Å². The summed E-state index contributed by atoms with van der Waals surface area (Å²) >= 11 is 0. The number of carbonyl (C=O) groups is 1. The molecule has 1 fully saturated rings. The minimum Gasteiger partial charge on any atom is -0.334 e. The summed E-state index contributed by atoms with van der Waals surface area (Å²) in [6.07, 6.45) is 2.28. The van der Waals surface area contributed by atoms with E-state index in [0.717, 1.165) is 26.1 Å². The number of rotatable bonds is 2. The number of carbonyl (C=O) groups excluding carboxylic acids is 1. The highest BCUT2D eigenvalue weighted by Gasteiger charge is 2.19. The monoisotopic (exact) mass is 199 g/mol. The van der Waals surface area contributed by atoms with Gasteiger partial charge in [0.15, 0.2) is 0 Å². The molecule has 0 bridgehead atoms. The molecule has 1 atom stereocenters. The molecule has 1 N–H and O–H groups in total. The molecule has 1 rings (SSSR count). The van der Waals surface area contributed by atoms with Crippen LogP contribution in [0.1, 0.15) is 19.8 Å². The molecule has 82 valence electrons. The van der Waals surface area contributed by atoms with Crippen LogP contribution in [0.3, 0.4) is 0 Å². The largest absolute Gasteiger partial charge is 0.334 e. The molecule has 1 saturated heterocycles. The fourth-order valence-electron chi connectivity index (χ4n) is 1.71. The third-order valence-corrected chi connectivity index (χ3v) is 2.77. The zero-order valence-electron chi connectivity index (χ0n) is 9.42. The normalized spacial score (nSPS) is 23.2. The molecule has 2 amide bonds. The first kappa shape index (κ1) is 11.3. The first-order valence-corrected chi connectivity index (χ1v) is 5.33. The number of likely N-dealkylation sites (tertiary alicyclic amines) is 1. The average molecular weight is 199 g/mol. The van der Waals surface area contributed by atoms with E-state index in [9.17, 15) is 4.79 Å². The minimum absolute atomic E-state index is 0.0489. The van der Waals surface area contributed by atoms with Gasteiger partial charge in [0.1, 0.15) is 0 Å². The second-order valence-corrected chi connectivity index (χ2v) is 4.07. The Morgan fingerprint density at radius 2 is 2.36 bits per heavy atom. The van der Waals surface area contributed by atoms with E-state index in [2.05, 4.69) is 17.3 Å². The van der Waals surface area contributed by atoms with Crippen LogP contribution in [-0.2, 0) is 0 Å². The number of piperidine rings is 1. The van der Waals surface area contributed by atoms with E-state index < -0.39 is 0 Å². The highest BCUT2D eigenvalue weighted by atomic mass is 16.2. The van der Waals surface area contributed by atoms with Gasteiger partial charge in [-0.3, -0.25) is 0 Å². The molecule has 4 nitrogen and oxygen atoms in total. The van der Waals surface area contributed by atoms with Crippen LogP contribution in [0.15, 0.2) is 0 Å². The van der Waals surface area contributed by atoms with Crippen molar-refractivity contribution in [2.45, 2.75) is 25.8 Å². The summed E-state index contributed by atoms with van der Waals surface area (Å²) in [7, 11) is 3.92. The maximum absolute atomic E-state index is 11.5. The summed E-state index contributed by atoms with van der Waals surface area (Å²) in [5, 5.41) is 3.05. The molecule has 1 aliphatic heterocycles. The van der Waals surface area contributed by atoms with Crippen molar-refractivity contribution in [3.05, 3.63) is 0 Å². The van der Waals surface area contributed by atoms with Crippen molar-refractivity contribution < 1.29 is 4.79 Å². The van der Waals surface area contributed by atoms with E-state index in [1.54, 1.807) is 4.90 Å². The molecule has 0 aromatic heterocycles. The first-order valence-electron chi connectivity index (χ1n) is 5.33. The van der Waals surface area contributed by atoms with Crippen LogP contribution >= 0.6 is 0 Å². The lowest BCUT2D eigenvalue weighted by molar-refractivity contribution is 0.188. The quantitative estimate of drug-likeness (QED) is 0.712. The van der Waals surface area contributed by atoms with E-state index >= 15 is 0 Å². The van der Waals surface area contributed by atoms with Crippen LogP contribution in [0.4, 0.5) is 4.79 Å². The smallest absolute Gasteiger partial charge is 0.317 e. The summed E-state index contributed by atoms with van der Waals surface area (Å²) < 4.78 is 0. The number of hydrogen-bond acceptors (Lipinski definition) is 2. The number of likely N-dealkylation sites (N-methyl/N-ethyl adjacent to an activating group) is 1. The number of nitrogens with zero attached hydrogens (tertiary/aromatic N) is 2. The molecular formula is C10H21N3O. The van der Waals surface area contributed by atoms with E-state index in [4.69, 9.17) is 0 Å². The lowest BCUT2D eigenvalue weighted by Gasteiger charge is -2.31. The SMILES string of the molecule is CCN(C)C(=O)NC1CCCN(C)C1. The Hall–Kier alpha value is -0.770. The zero-order chi connectivity index (χ0) is 10.6. The van der Waals surface area contributed by atoms with E-state index in [1.165, 1.54) is 6.42 Å². The van der Waals surface area contributed by atoms with Crippen LogP contribution in [0, 0.1) is 0 Å². The van der Waals surface area contributed by atoms with Gasteiger partial charge in [0, 0.05) is 26.2 Å². The van der Waals surface area contributed by atoms with Gasteiger partial charge in [-0.05, 0) is 33.4 Å². The van der Waals surface area contributed by atoms with Crippen LogP contribution in [0.25, 0.3) is 0 Å². The van der Waals surface area contributed by atoms with Crippen molar-refractivity contribution in [3.63, 3.8) is 0 Å². The highest BCUT2D eigenvalue weighted by molar-refractivity contribution is 5.74. The minimum atomic E-state index is 0.0489. The van der Waals surface area contributed by atoms with Crippen LogP contribution in [0.2, 0.25) is 0 Å². The van der Waals surface area contributed by atoms with Gasteiger partial charge in [-0.15, -0.1) is 0 Å². The Kier molecular flexibility index (Phi) is 4.20. The molecule has 1 aliphatic rings. The van der Waals surface area contributed by atoms with Gasteiger partial charge < -0.3 is 15.1 Å². The lowest BCUT2D eigenvalue weighted by Crippen LogP contribution is -2.49. The van der Waals surface area contributed by atoms with Gasteiger partial charge in [0.2, 0.25) is 0 Å². The van der Waals surface area contributed by atoms with Crippen LogP contribution in [0.5, 0.6) is 0 Å². The van der Waals surface area contributed by atoms with Gasteiger partial charge >= 0.3 is 6.03 Å². The molecule has 0 saturated carbocycles. The fraction of sp³-hybridized carbons (Fsp3) is 0.900. The topological polar surface area (TPSA) is 35.6 Å². The summed E-state index contributed by atoms with van der Waals surface area (Å²) in [5.74, 6) is 0. The molecule has 0 aromatic carbocycles. The second-order valence-electron chi connectivity index (χ2n) is 4.07. The molecule has 0 aliphatic carbocycles.